The number of hydrogen-bond acceptors (Lipinski definition) is 1. The molecule has 0 aromatic carbocycles. The summed E-state index contributed by atoms with van der Waals surface area (Å²) in [5.41, 5.74) is 4.90. The van der Waals surface area contributed by atoms with Crippen molar-refractivity contribution in [3.63, 3.8) is 0 Å². The molecule has 0 spiro atoms. The van der Waals surface area contributed by atoms with Crippen LogP contribution in [0.25, 0.3) is 0 Å². The summed E-state index contributed by atoms with van der Waals surface area (Å²) >= 11 is 0. The molecule has 2 N–H and O–H groups in total. The zero-order valence-corrected chi connectivity index (χ0v) is 5.60. The highest BCUT2D eigenvalue weighted by Gasteiger charge is 1.91. The first-order chi connectivity index (χ1) is 4.27. The minimum absolute atomic E-state index is 0.216. The maximum atomic E-state index is 10.2. The standard InChI is InChI=1S/C7H13NO/c1-2-3-4-5-6-7(8)9/h1H,2-6H2,(H2,8,9). The molecular formula is C7H13NO. The average molecular weight is 127 g/mol. The van der Waals surface area contributed by atoms with Gasteiger partial charge in [-0.2, -0.15) is 0 Å². The second kappa shape index (κ2) is 5.60. The van der Waals surface area contributed by atoms with Crippen LogP contribution < -0.4 is 5.73 Å². The maximum Gasteiger partial charge on any atom is 0.217 e. The van der Waals surface area contributed by atoms with Gasteiger partial charge in [-0.3, -0.25) is 4.79 Å². The molecule has 0 unspecified atom stereocenters. The third-order valence-electron chi connectivity index (χ3n) is 1.13. The van der Waals surface area contributed by atoms with E-state index in [4.69, 9.17) is 12.7 Å². The highest BCUT2D eigenvalue weighted by atomic mass is 16.1. The molecule has 0 aliphatic rings. The van der Waals surface area contributed by atoms with Crippen molar-refractivity contribution >= 4 is 5.91 Å². The van der Waals surface area contributed by atoms with E-state index in [1.807, 2.05) is 0 Å². The third-order valence-corrected chi connectivity index (χ3v) is 1.13. The summed E-state index contributed by atoms with van der Waals surface area (Å²) < 4.78 is 0. The number of amides is 1. The first-order valence-corrected chi connectivity index (χ1v) is 3.25. The molecule has 2 heteroatoms. The molecule has 2 radical (unpaired) electrons. The summed E-state index contributed by atoms with van der Waals surface area (Å²) in [5, 5.41) is 0. The van der Waals surface area contributed by atoms with Gasteiger partial charge < -0.3 is 5.73 Å². The first-order valence-electron chi connectivity index (χ1n) is 3.25. The van der Waals surface area contributed by atoms with Crippen LogP contribution in [-0.2, 0) is 4.79 Å². The lowest BCUT2D eigenvalue weighted by Gasteiger charge is -1.93. The molecule has 0 saturated heterocycles. The predicted molar refractivity (Wildman–Crippen MR) is 36.6 cm³/mol. The van der Waals surface area contributed by atoms with Crippen LogP contribution in [-0.4, -0.2) is 5.91 Å². The van der Waals surface area contributed by atoms with Gasteiger partial charge in [-0.25, -0.2) is 0 Å². The monoisotopic (exact) mass is 127 g/mol. The Hall–Kier alpha value is -0.530. The fraction of sp³-hybridized carbons (Fsp3) is 0.714. The van der Waals surface area contributed by atoms with E-state index in [0.29, 0.717) is 12.8 Å². The Morgan fingerprint density at radius 3 is 2.44 bits per heavy atom. The largest absolute Gasteiger partial charge is 0.370 e. The highest BCUT2D eigenvalue weighted by molar-refractivity contribution is 5.73. The third kappa shape index (κ3) is 7.47. The normalized spacial score (nSPS) is 9.44. The zero-order valence-electron chi connectivity index (χ0n) is 5.60. The number of carbonyl (C=O) groups is 1. The van der Waals surface area contributed by atoms with E-state index in [2.05, 4.69) is 0 Å². The zero-order chi connectivity index (χ0) is 7.11. The minimum Gasteiger partial charge on any atom is -0.370 e. The predicted octanol–water partition coefficient (Wildman–Crippen LogP) is 1.13. The molecule has 52 valence electrons. The molecule has 1 amide bonds. The van der Waals surface area contributed by atoms with Crippen LogP contribution >= 0.6 is 0 Å². The Morgan fingerprint density at radius 1 is 1.33 bits per heavy atom. The fourth-order valence-corrected chi connectivity index (χ4v) is 0.620. The smallest absolute Gasteiger partial charge is 0.217 e. The van der Waals surface area contributed by atoms with Crippen molar-refractivity contribution in [2.45, 2.75) is 32.1 Å². The van der Waals surface area contributed by atoms with Gasteiger partial charge in [0.1, 0.15) is 0 Å². The van der Waals surface area contributed by atoms with Gasteiger partial charge >= 0.3 is 0 Å². The van der Waals surface area contributed by atoms with E-state index in [1.54, 1.807) is 0 Å². The van der Waals surface area contributed by atoms with Crippen molar-refractivity contribution in [3.05, 3.63) is 6.92 Å². The topological polar surface area (TPSA) is 43.1 Å². The molecule has 0 aliphatic carbocycles. The van der Waals surface area contributed by atoms with Crippen LogP contribution in [0.5, 0.6) is 0 Å². The lowest BCUT2D eigenvalue weighted by molar-refractivity contribution is -0.118. The van der Waals surface area contributed by atoms with Crippen LogP contribution in [0.3, 0.4) is 0 Å². The molecule has 0 aliphatic heterocycles. The first kappa shape index (κ1) is 8.47. The molecule has 0 saturated carbocycles. The highest BCUT2D eigenvalue weighted by Crippen LogP contribution is 2.00. The lowest BCUT2D eigenvalue weighted by atomic mass is 10.1. The number of nitrogens with two attached hydrogens (primary N) is 1. The van der Waals surface area contributed by atoms with E-state index >= 15 is 0 Å². The van der Waals surface area contributed by atoms with Gasteiger partial charge in [0.15, 0.2) is 0 Å². The van der Waals surface area contributed by atoms with Gasteiger partial charge in [-0.1, -0.05) is 12.8 Å². The summed E-state index contributed by atoms with van der Waals surface area (Å²) in [5.74, 6) is -0.216. The molecule has 0 heterocycles. The molecule has 0 fully saturated rings. The van der Waals surface area contributed by atoms with Crippen LogP contribution in [0.1, 0.15) is 32.1 Å². The molecule has 0 aromatic heterocycles. The van der Waals surface area contributed by atoms with Gasteiger partial charge in [0.25, 0.3) is 0 Å². The number of hydrogen-bond donors (Lipinski definition) is 1. The summed E-state index contributed by atoms with van der Waals surface area (Å²) in [6, 6.07) is 0. The lowest BCUT2D eigenvalue weighted by Crippen LogP contribution is -2.09. The summed E-state index contributed by atoms with van der Waals surface area (Å²) in [6.45, 7) is 5.23. The fourth-order valence-electron chi connectivity index (χ4n) is 0.620. The quantitative estimate of drug-likeness (QED) is 0.553. The average Bonchev–Trinajstić information content (AvgIpc) is 1.80. The van der Waals surface area contributed by atoms with Gasteiger partial charge in [-0.05, 0) is 19.8 Å². The number of primary amides is 1. The summed E-state index contributed by atoms with van der Waals surface area (Å²) in [4.78, 5) is 10.2. The summed E-state index contributed by atoms with van der Waals surface area (Å²) in [6.07, 6.45) is 4.10. The van der Waals surface area contributed by atoms with Crippen LogP contribution in [0.15, 0.2) is 0 Å². The van der Waals surface area contributed by atoms with E-state index in [0.717, 1.165) is 19.3 Å². The van der Waals surface area contributed by atoms with Crippen molar-refractivity contribution in [1.82, 2.24) is 0 Å². The Labute approximate surface area is 56.4 Å². The molecule has 0 aromatic rings. The van der Waals surface area contributed by atoms with Crippen molar-refractivity contribution in [2.75, 3.05) is 0 Å². The Kier molecular flexibility index (Phi) is 5.27. The molecule has 0 bridgehead atoms. The molecule has 0 atom stereocenters. The van der Waals surface area contributed by atoms with Crippen LogP contribution in [0.2, 0.25) is 0 Å². The number of carbonyl (C=O) groups excluding carboxylic acids is 1. The Balaban J connectivity index is 2.83. The molecule has 9 heavy (non-hydrogen) atoms. The maximum absolute atomic E-state index is 10.2. The molecule has 2 nitrogen and oxygen atoms in total. The Morgan fingerprint density at radius 2 is 2.00 bits per heavy atom. The van der Waals surface area contributed by atoms with E-state index in [1.165, 1.54) is 0 Å². The molecular weight excluding hydrogens is 114 g/mol. The number of unbranched alkanes of at least 4 members (excludes halogenated alkanes) is 3. The van der Waals surface area contributed by atoms with E-state index in [9.17, 15) is 4.79 Å². The SMILES string of the molecule is [CH]CCCCCC(N)=O. The van der Waals surface area contributed by atoms with Gasteiger partial charge in [-0.15, -0.1) is 0 Å². The number of rotatable bonds is 5. The second-order valence-electron chi connectivity index (χ2n) is 2.07. The van der Waals surface area contributed by atoms with Crippen molar-refractivity contribution < 1.29 is 4.79 Å². The summed E-state index contributed by atoms with van der Waals surface area (Å²) in [7, 11) is 0. The Bertz CT molecular complexity index is 81.0. The van der Waals surface area contributed by atoms with Gasteiger partial charge in [0, 0.05) is 6.42 Å². The van der Waals surface area contributed by atoms with Crippen molar-refractivity contribution in [1.29, 1.82) is 0 Å². The van der Waals surface area contributed by atoms with E-state index in [-0.39, 0.29) is 5.91 Å². The van der Waals surface area contributed by atoms with Crippen molar-refractivity contribution in [2.24, 2.45) is 5.73 Å². The minimum atomic E-state index is -0.216. The van der Waals surface area contributed by atoms with Crippen LogP contribution in [0.4, 0.5) is 0 Å². The molecule has 0 rings (SSSR count). The van der Waals surface area contributed by atoms with E-state index < -0.39 is 0 Å². The van der Waals surface area contributed by atoms with Crippen molar-refractivity contribution in [3.8, 4) is 0 Å². The van der Waals surface area contributed by atoms with Gasteiger partial charge in [0.2, 0.25) is 5.91 Å². The van der Waals surface area contributed by atoms with Crippen LogP contribution in [0, 0.1) is 6.92 Å². The van der Waals surface area contributed by atoms with Gasteiger partial charge in [0.05, 0.1) is 0 Å². The second-order valence-corrected chi connectivity index (χ2v) is 2.07.